The number of carbonyl (C=O) groups is 2. The Kier molecular flexibility index (Phi) is 4.50. The van der Waals surface area contributed by atoms with E-state index >= 15 is 0 Å². The lowest BCUT2D eigenvalue weighted by atomic mass is 9.91. The molecule has 2 saturated carbocycles. The number of aromatic nitrogens is 1. The van der Waals surface area contributed by atoms with Crippen molar-refractivity contribution in [1.29, 1.82) is 0 Å². The highest BCUT2D eigenvalue weighted by Gasteiger charge is 2.39. The number of benzene rings is 1. The number of carboxylic acids is 1. The molecule has 7 heteroatoms. The van der Waals surface area contributed by atoms with Gasteiger partial charge in [-0.2, -0.15) is 11.3 Å². The Morgan fingerprint density at radius 1 is 1.27 bits per heavy atom. The van der Waals surface area contributed by atoms with Gasteiger partial charge in [0.05, 0.1) is 23.9 Å². The van der Waals surface area contributed by atoms with Gasteiger partial charge in [-0.15, -0.1) is 0 Å². The standard InChI is InChI=1S/C23H22N2O4S/c1-11-7-14(11)16-8-15(12-3-4-12)19(21(26)24-13-5-6-30-10-13)20-17(16)9-18(23(27)28)22(25-20)29-2/h5-6,8-12,14H,3-4,7H2,1-2H3,(H,24,26)(H,27,28)/t11?,14-/m0/s1. The molecule has 2 aliphatic rings. The van der Waals surface area contributed by atoms with Crippen LogP contribution in [0.3, 0.4) is 0 Å². The molecule has 1 aromatic carbocycles. The van der Waals surface area contributed by atoms with Gasteiger partial charge in [-0.3, -0.25) is 4.79 Å². The number of methoxy groups -OCH3 is 1. The van der Waals surface area contributed by atoms with E-state index in [2.05, 4.69) is 23.3 Å². The Labute approximate surface area is 177 Å². The van der Waals surface area contributed by atoms with Crippen LogP contribution in [0.2, 0.25) is 0 Å². The molecule has 5 rings (SSSR count). The van der Waals surface area contributed by atoms with E-state index < -0.39 is 5.97 Å². The van der Waals surface area contributed by atoms with Crippen LogP contribution >= 0.6 is 11.3 Å². The van der Waals surface area contributed by atoms with E-state index in [9.17, 15) is 14.7 Å². The van der Waals surface area contributed by atoms with Crippen LogP contribution < -0.4 is 10.1 Å². The van der Waals surface area contributed by atoms with Gasteiger partial charge in [-0.1, -0.05) is 13.0 Å². The minimum atomic E-state index is -1.09. The molecule has 1 unspecified atom stereocenters. The van der Waals surface area contributed by atoms with E-state index in [1.165, 1.54) is 18.4 Å². The number of thiophene rings is 1. The number of rotatable bonds is 6. The second kappa shape index (κ2) is 7.09. The third-order valence-electron chi connectivity index (χ3n) is 6.09. The molecule has 2 atom stereocenters. The predicted molar refractivity (Wildman–Crippen MR) is 116 cm³/mol. The van der Waals surface area contributed by atoms with E-state index in [4.69, 9.17) is 4.74 Å². The molecule has 2 aliphatic carbocycles. The molecule has 0 saturated heterocycles. The molecule has 6 nitrogen and oxygen atoms in total. The van der Waals surface area contributed by atoms with Gasteiger partial charge < -0.3 is 15.2 Å². The Balaban J connectivity index is 1.77. The molecule has 0 bridgehead atoms. The molecule has 0 aliphatic heterocycles. The van der Waals surface area contributed by atoms with Crippen molar-refractivity contribution in [2.45, 2.75) is 38.0 Å². The lowest BCUT2D eigenvalue weighted by Gasteiger charge is -2.17. The highest BCUT2D eigenvalue weighted by atomic mass is 32.1. The summed E-state index contributed by atoms with van der Waals surface area (Å²) in [5, 5.41) is 17.2. The zero-order chi connectivity index (χ0) is 21.0. The third kappa shape index (κ3) is 3.23. The van der Waals surface area contributed by atoms with Gasteiger partial charge in [0.25, 0.3) is 5.91 Å². The van der Waals surface area contributed by atoms with Gasteiger partial charge in [-0.25, -0.2) is 9.78 Å². The van der Waals surface area contributed by atoms with Crippen molar-refractivity contribution >= 4 is 39.8 Å². The number of pyridine rings is 1. The van der Waals surface area contributed by atoms with E-state index in [0.717, 1.165) is 41.5 Å². The second-order valence-electron chi connectivity index (χ2n) is 8.24. The van der Waals surface area contributed by atoms with E-state index in [-0.39, 0.29) is 17.4 Å². The van der Waals surface area contributed by atoms with Crippen LogP contribution in [0.15, 0.2) is 29.0 Å². The van der Waals surface area contributed by atoms with Gasteiger partial charge in [0.15, 0.2) is 0 Å². The van der Waals surface area contributed by atoms with Crippen LogP contribution in [0.5, 0.6) is 5.88 Å². The molecular formula is C23H22N2O4S. The topological polar surface area (TPSA) is 88.5 Å². The van der Waals surface area contributed by atoms with Crippen molar-refractivity contribution < 1.29 is 19.4 Å². The number of hydrogen-bond donors (Lipinski definition) is 2. The van der Waals surface area contributed by atoms with E-state index in [0.29, 0.717) is 28.8 Å². The maximum absolute atomic E-state index is 13.4. The maximum Gasteiger partial charge on any atom is 0.341 e. The Morgan fingerprint density at radius 2 is 2.03 bits per heavy atom. The molecule has 2 fully saturated rings. The SMILES string of the molecule is COc1nc2c(C(=O)Nc3ccsc3)c(C3CC3)cc([C@H]3CC3C)c2cc1C(=O)O. The lowest BCUT2D eigenvalue weighted by molar-refractivity contribution is 0.0692. The number of nitrogens with one attached hydrogen (secondary N) is 1. The fraction of sp³-hybridized carbons (Fsp3) is 0.348. The summed E-state index contributed by atoms with van der Waals surface area (Å²) in [7, 11) is 1.40. The molecule has 1 amide bonds. The quantitative estimate of drug-likeness (QED) is 0.566. The van der Waals surface area contributed by atoms with Gasteiger partial charge in [-0.05, 0) is 65.7 Å². The average Bonchev–Trinajstić information content (AvgIpc) is 3.64. The van der Waals surface area contributed by atoms with Crippen molar-refractivity contribution in [3.63, 3.8) is 0 Å². The van der Waals surface area contributed by atoms with E-state index in [1.807, 2.05) is 16.8 Å². The first-order valence-corrected chi connectivity index (χ1v) is 11.0. The normalized spacial score (nSPS) is 20.2. The molecule has 2 heterocycles. The Bertz CT molecular complexity index is 1170. The van der Waals surface area contributed by atoms with E-state index in [1.54, 1.807) is 6.07 Å². The van der Waals surface area contributed by atoms with Gasteiger partial charge in [0.1, 0.15) is 5.56 Å². The molecule has 30 heavy (non-hydrogen) atoms. The summed E-state index contributed by atoms with van der Waals surface area (Å²) >= 11 is 1.51. The largest absolute Gasteiger partial charge is 0.480 e. The Hall–Kier alpha value is -2.93. The molecular weight excluding hydrogens is 400 g/mol. The highest BCUT2D eigenvalue weighted by Crippen LogP contribution is 2.52. The molecule has 2 aromatic heterocycles. The number of ether oxygens (including phenoxy) is 1. The van der Waals surface area contributed by atoms with Gasteiger partial charge in [0, 0.05) is 10.8 Å². The number of nitrogens with zero attached hydrogens (tertiary/aromatic N) is 1. The van der Waals surface area contributed by atoms with Gasteiger partial charge in [0.2, 0.25) is 5.88 Å². The lowest BCUT2D eigenvalue weighted by Crippen LogP contribution is -2.16. The van der Waals surface area contributed by atoms with Crippen molar-refractivity contribution in [2.75, 3.05) is 12.4 Å². The number of anilines is 1. The van der Waals surface area contributed by atoms with Crippen molar-refractivity contribution in [2.24, 2.45) is 5.92 Å². The molecule has 3 aromatic rings. The number of carboxylic acid groups (broad SMARTS) is 1. The molecule has 2 N–H and O–H groups in total. The van der Waals surface area contributed by atoms with Crippen molar-refractivity contribution in [3.8, 4) is 5.88 Å². The van der Waals surface area contributed by atoms with Crippen LogP contribution in [-0.2, 0) is 0 Å². The Morgan fingerprint density at radius 3 is 2.60 bits per heavy atom. The highest BCUT2D eigenvalue weighted by molar-refractivity contribution is 7.08. The fourth-order valence-corrected chi connectivity index (χ4v) is 4.80. The third-order valence-corrected chi connectivity index (χ3v) is 6.77. The number of fused-ring (bicyclic) bond motifs is 1. The minimum Gasteiger partial charge on any atom is -0.480 e. The summed E-state index contributed by atoms with van der Waals surface area (Å²) in [5.74, 6) is -0.0171. The van der Waals surface area contributed by atoms with Crippen molar-refractivity contribution in [1.82, 2.24) is 4.98 Å². The molecule has 154 valence electrons. The van der Waals surface area contributed by atoms with Gasteiger partial charge >= 0.3 is 5.97 Å². The minimum absolute atomic E-state index is 0.0166. The summed E-state index contributed by atoms with van der Waals surface area (Å²) in [5.41, 5.74) is 3.94. The average molecular weight is 423 g/mol. The zero-order valence-electron chi connectivity index (χ0n) is 16.8. The second-order valence-corrected chi connectivity index (χ2v) is 9.02. The van der Waals surface area contributed by atoms with Crippen LogP contribution in [-0.4, -0.2) is 29.1 Å². The van der Waals surface area contributed by atoms with Crippen LogP contribution in [0.25, 0.3) is 10.9 Å². The summed E-state index contributed by atoms with van der Waals surface area (Å²) in [6.45, 7) is 2.19. The number of aromatic carboxylic acids is 1. The van der Waals surface area contributed by atoms with Crippen LogP contribution in [0.1, 0.15) is 69.9 Å². The fourth-order valence-electron chi connectivity index (χ4n) is 4.22. The number of amides is 1. The first-order chi connectivity index (χ1) is 14.5. The maximum atomic E-state index is 13.4. The van der Waals surface area contributed by atoms with Crippen LogP contribution in [0.4, 0.5) is 5.69 Å². The first-order valence-electron chi connectivity index (χ1n) is 10.1. The molecule has 0 radical (unpaired) electrons. The summed E-state index contributed by atoms with van der Waals surface area (Å²) in [6, 6.07) is 5.62. The summed E-state index contributed by atoms with van der Waals surface area (Å²) in [4.78, 5) is 29.7. The number of hydrogen-bond acceptors (Lipinski definition) is 5. The molecule has 0 spiro atoms. The summed E-state index contributed by atoms with van der Waals surface area (Å²) in [6.07, 6.45) is 3.16. The predicted octanol–water partition coefficient (Wildman–Crippen LogP) is 5.26. The zero-order valence-corrected chi connectivity index (χ0v) is 17.6. The first kappa shape index (κ1) is 19.1. The smallest absolute Gasteiger partial charge is 0.341 e. The summed E-state index contributed by atoms with van der Waals surface area (Å²) < 4.78 is 5.29. The number of carbonyl (C=O) groups excluding carboxylic acids is 1. The van der Waals surface area contributed by atoms with Crippen LogP contribution in [0, 0.1) is 5.92 Å². The monoisotopic (exact) mass is 422 g/mol. The van der Waals surface area contributed by atoms with Crippen molar-refractivity contribution in [3.05, 3.63) is 51.2 Å².